The smallest absolute Gasteiger partial charge is 0.273 e. The molecule has 1 heterocycles. The lowest BCUT2D eigenvalue weighted by molar-refractivity contribution is -0.384. The molecule has 0 fully saturated rings. The molecule has 8 nitrogen and oxygen atoms in total. The molecule has 0 radical (unpaired) electrons. The van der Waals surface area contributed by atoms with Crippen molar-refractivity contribution in [2.75, 3.05) is 11.6 Å². The van der Waals surface area contributed by atoms with Gasteiger partial charge in [0.25, 0.3) is 11.6 Å². The molecule has 0 N–H and O–H groups in total. The Morgan fingerprint density at radius 3 is 2.54 bits per heavy atom. The van der Waals surface area contributed by atoms with Gasteiger partial charge in [0.1, 0.15) is 5.75 Å². The number of nitrogens with zero attached hydrogens (tertiary/aromatic N) is 4. The normalized spacial score (nSPS) is 11.4. The number of ether oxygens (including phenoxy) is 1. The van der Waals surface area contributed by atoms with E-state index < -0.39 is 10.8 Å². The van der Waals surface area contributed by atoms with Crippen molar-refractivity contribution >= 4 is 66.5 Å². The summed E-state index contributed by atoms with van der Waals surface area (Å²) in [5, 5.41) is 16.9. The molecular weight excluding hydrogens is 532 g/mol. The van der Waals surface area contributed by atoms with Crippen LogP contribution in [0.2, 0.25) is 0 Å². The minimum atomic E-state index is -0.471. The van der Waals surface area contributed by atoms with Gasteiger partial charge in [0.2, 0.25) is 5.13 Å². The molecule has 0 aliphatic heterocycles. The third-order valence-electron chi connectivity index (χ3n) is 4.76. The molecule has 176 valence electrons. The first-order chi connectivity index (χ1) is 16.9. The SMILES string of the molecule is CCOc1ccc(/C=N/N(C(=O)/C=C/c2ccc([N+](=O)[O-])cc2)c2nc3ccc(Br)cc3s2)cc1. The number of rotatable bonds is 8. The number of non-ortho nitro benzene ring substituents is 1. The zero-order chi connectivity index (χ0) is 24.8. The van der Waals surface area contributed by atoms with Crippen molar-refractivity contribution in [2.24, 2.45) is 5.10 Å². The summed E-state index contributed by atoms with van der Waals surface area (Å²) in [6.45, 7) is 2.49. The molecule has 0 spiro atoms. The van der Waals surface area contributed by atoms with Crippen LogP contribution in [0.5, 0.6) is 5.75 Å². The molecule has 0 unspecified atom stereocenters. The second-order valence-electron chi connectivity index (χ2n) is 7.19. The first-order valence-electron chi connectivity index (χ1n) is 10.5. The molecule has 0 bridgehead atoms. The fraction of sp³-hybridized carbons (Fsp3) is 0.0800. The first kappa shape index (κ1) is 24.2. The molecule has 10 heteroatoms. The van der Waals surface area contributed by atoms with E-state index in [4.69, 9.17) is 4.74 Å². The third kappa shape index (κ3) is 6.17. The Morgan fingerprint density at radius 1 is 1.14 bits per heavy atom. The van der Waals surface area contributed by atoms with E-state index in [2.05, 4.69) is 26.0 Å². The number of hydrazone groups is 1. The Bertz CT molecular complexity index is 1420. The van der Waals surface area contributed by atoms with E-state index in [0.29, 0.717) is 17.3 Å². The topological polar surface area (TPSA) is 97.9 Å². The van der Waals surface area contributed by atoms with E-state index in [0.717, 1.165) is 26.0 Å². The van der Waals surface area contributed by atoms with Crippen molar-refractivity contribution in [3.05, 3.63) is 98.5 Å². The lowest BCUT2D eigenvalue weighted by Crippen LogP contribution is -2.23. The molecule has 35 heavy (non-hydrogen) atoms. The predicted octanol–water partition coefficient (Wildman–Crippen LogP) is 6.45. The monoisotopic (exact) mass is 550 g/mol. The number of benzene rings is 3. The maximum atomic E-state index is 13.2. The molecular formula is C25H19BrN4O4S. The van der Waals surface area contributed by atoms with Crippen LogP contribution >= 0.6 is 27.3 Å². The number of carbonyl (C=O) groups is 1. The summed E-state index contributed by atoms with van der Waals surface area (Å²) >= 11 is 4.80. The van der Waals surface area contributed by atoms with Gasteiger partial charge in [0, 0.05) is 22.7 Å². The highest BCUT2D eigenvalue weighted by Gasteiger charge is 2.17. The van der Waals surface area contributed by atoms with Crippen molar-refractivity contribution in [3.63, 3.8) is 0 Å². The number of fused-ring (bicyclic) bond motifs is 1. The highest BCUT2D eigenvalue weighted by Crippen LogP contribution is 2.31. The number of halogens is 1. The summed E-state index contributed by atoms with van der Waals surface area (Å²) in [7, 11) is 0. The van der Waals surface area contributed by atoms with Gasteiger partial charge in [-0.15, -0.1) is 0 Å². The van der Waals surface area contributed by atoms with Gasteiger partial charge < -0.3 is 4.74 Å². The van der Waals surface area contributed by atoms with Crippen LogP contribution in [-0.4, -0.2) is 28.6 Å². The van der Waals surface area contributed by atoms with Gasteiger partial charge in [-0.3, -0.25) is 14.9 Å². The number of anilines is 1. The number of nitro benzene ring substituents is 1. The van der Waals surface area contributed by atoms with E-state index in [1.807, 2.05) is 49.4 Å². The Kier molecular flexibility index (Phi) is 7.64. The van der Waals surface area contributed by atoms with Crippen LogP contribution in [0.1, 0.15) is 18.1 Å². The van der Waals surface area contributed by atoms with Crippen LogP contribution in [0.4, 0.5) is 10.8 Å². The summed E-state index contributed by atoms with van der Waals surface area (Å²) in [5.41, 5.74) is 2.17. The van der Waals surface area contributed by atoms with Gasteiger partial charge in [-0.05, 0) is 78.7 Å². The lowest BCUT2D eigenvalue weighted by atomic mass is 10.2. The highest BCUT2D eigenvalue weighted by atomic mass is 79.9. The second kappa shape index (κ2) is 11.0. The average molecular weight is 551 g/mol. The van der Waals surface area contributed by atoms with Crippen molar-refractivity contribution in [1.29, 1.82) is 0 Å². The number of aromatic nitrogens is 1. The minimum absolute atomic E-state index is 0.0179. The fourth-order valence-corrected chi connectivity index (χ4v) is 4.54. The molecule has 1 aromatic heterocycles. The van der Waals surface area contributed by atoms with Gasteiger partial charge in [-0.2, -0.15) is 10.1 Å². The summed E-state index contributed by atoms with van der Waals surface area (Å²) in [5.74, 6) is 0.337. The van der Waals surface area contributed by atoms with Gasteiger partial charge in [0.15, 0.2) is 0 Å². The average Bonchev–Trinajstić information content (AvgIpc) is 3.27. The molecule has 0 atom stereocenters. The van der Waals surface area contributed by atoms with E-state index in [1.54, 1.807) is 24.4 Å². The van der Waals surface area contributed by atoms with Crippen LogP contribution < -0.4 is 9.75 Å². The third-order valence-corrected chi connectivity index (χ3v) is 6.25. The van der Waals surface area contributed by atoms with E-state index in [1.165, 1.54) is 34.6 Å². The van der Waals surface area contributed by atoms with Gasteiger partial charge >= 0.3 is 0 Å². The van der Waals surface area contributed by atoms with Crippen molar-refractivity contribution in [3.8, 4) is 5.75 Å². The molecule has 0 saturated heterocycles. The number of hydrogen-bond acceptors (Lipinski definition) is 7. The number of thiazole rings is 1. The second-order valence-corrected chi connectivity index (χ2v) is 9.11. The molecule has 4 rings (SSSR count). The van der Waals surface area contributed by atoms with E-state index >= 15 is 0 Å². The summed E-state index contributed by atoms with van der Waals surface area (Å²) in [6.07, 6.45) is 4.52. The largest absolute Gasteiger partial charge is 0.494 e. The Labute approximate surface area is 213 Å². The van der Waals surface area contributed by atoms with E-state index in [-0.39, 0.29) is 5.69 Å². The molecule has 0 aliphatic carbocycles. The van der Waals surface area contributed by atoms with Crippen LogP contribution in [0.25, 0.3) is 16.3 Å². The number of nitro groups is 1. The standard InChI is InChI=1S/C25H19BrN4O4S/c1-2-34-21-11-5-18(6-12-21)16-27-29(25-28-22-13-8-19(26)15-23(22)35-25)24(31)14-7-17-3-9-20(10-4-17)30(32)33/h3-16H,2H2,1H3/b14-7+,27-16+. The molecule has 1 amide bonds. The Morgan fingerprint density at radius 2 is 1.86 bits per heavy atom. The summed E-state index contributed by atoms with van der Waals surface area (Å²) in [4.78, 5) is 28.1. The number of amides is 1. The summed E-state index contributed by atoms with van der Waals surface area (Å²) in [6, 6.07) is 19.0. The first-order valence-corrected chi connectivity index (χ1v) is 12.1. The quantitative estimate of drug-likeness (QED) is 0.109. The van der Waals surface area contributed by atoms with Crippen molar-refractivity contribution in [2.45, 2.75) is 6.92 Å². The van der Waals surface area contributed by atoms with Gasteiger partial charge in [-0.25, -0.2) is 4.98 Å². The Balaban J connectivity index is 1.63. The predicted molar refractivity (Wildman–Crippen MR) is 142 cm³/mol. The van der Waals surface area contributed by atoms with Gasteiger partial charge in [-0.1, -0.05) is 27.3 Å². The van der Waals surface area contributed by atoms with Gasteiger partial charge in [0.05, 0.1) is 28.0 Å². The van der Waals surface area contributed by atoms with Crippen molar-refractivity contribution in [1.82, 2.24) is 4.98 Å². The van der Waals surface area contributed by atoms with Crippen LogP contribution in [0.3, 0.4) is 0 Å². The lowest BCUT2D eigenvalue weighted by Gasteiger charge is -2.11. The zero-order valence-electron chi connectivity index (χ0n) is 18.5. The molecule has 4 aromatic rings. The zero-order valence-corrected chi connectivity index (χ0v) is 20.9. The maximum Gasteiger partial charge on any atom is 0.273 e. The minimum Gasteiger partial charge on any atom is -0.494 e. The Hall–Kier alpha value is -3.89. The number of hydrogen-bond donors (Lipinski definition) is 0. The fourth-order valence-electron chi connectivity index (χ4n) is 3.06. The van der Waals surface area contributed by atoms with E-state index in [9.17, 15) is 14.9 Å². The molecule has 3 aromatic carbocycles. The van der Waals surface area contributed by atoms with Crippen molar-refractivity contribution < 1.29 is 14.5 Å². The molecule has 0 saturated carbocycles. The summed E-state index contributed by atoms with van der Waals surface area (Å²) < 4.78 is 7.28. The highest BCUT2D eigenvalue weighted by molar-refractivity contribution is 9.10. The maximum absolute atomic E-state index is 13.2. The molecule has 0 aliphatic rings. The van der Waals surface area contributed by atoms with Crippen LogP contribution in [-0.2, 0) is 4.79 Å². The number of carbonyl (C=O) groups excluding carboxylic acids is 1. The van der Waals surface area contributed by atoms with Crippen LogP contribution in [0.15, 0.2) is 82.4 Å². The van der Waals surface area contributed by atoms with Crippen LogP contribution in [0, 0.1) is 10.1 Å².